The Morgan fingerprint density at radius 2 is 1.76 bits per heavy atom. The highest BCUT2D eigenvalue weighted by Crippen LogP contribution is 2.21. The Morgan fingerprint density at radius 1 is 1.10 bits per heavy atom. The molecule has 0 saturated carbocycles. The maximum absolute atomic E-state index is 11.4. The van der Waals surface area contributed by atoms with Crippen LogP contribution in [0.2, 0.25) is 5.02 Å². The van der Waals surface area contributed by atoms with Gasteiger partial charge >= 0.3 is 0 Å². The third kappa shape index (κ3) is 4.81. The Hall–Kier alpha value is -0.880. The maximum Gasteiger partial charge on any atom is 0.175 e. The standard InChI is InChI=1S/C15H15BrClNO2S/c1-21(19,20)14-6-2-11(3-7-14)9-18-10-12-4-5-13(17)8-15(12)16/h2-8,18H,9-10H2,1H3. The zero-order valence-electron chi connectivity index (χ0n) is 11.4. The molecule has 0 fully saturated rings. The zero-order chi connectivity index (χ0) is 15.5. The van der Waals surface area contributed by atoms with Crippen molar-refractivity contribution < 1.29 is 8.42 Å². The summed E-state index contributed by atoms with van der Waals surface area (Å²) in [6.45, 7) is 1.37. The molecule has 21 heavy (non-hydrogen) atoms. The summed E-state index contributed by atoms with van der Waals surface area (Å²) in [7, 11) is -3.13. The van der Waals surface area contributed by atoms with Crippen molar-refractivity contribution >= 4 is 37.4 Å². The third-order valence-corrected chi connectivity index (χ3v) is 5.11. The van der Waals surface area contributed by atoms with E-state index in [1.54, 1.807) is 12.1 Å². The summed E-state index contributed by atoms with van der Waals surface area (Å²) >= 11 is 9.37. The fourth-order valence-electron chi connectivity index (χ4n) is 1.86. The highest BCUT2D eigenvalue weighted by molar-refractivity contribution is 9.10. The van der Waals surface area contributed by atoms with Crippen LogP contribution in [0.25, 0.3) is 0 Å². The molecule has 0 spiro atoms. The fourth-order valence-corrected chi connectivity index (χ4v) is 3.31. The molecule has 0 heterocycles. The van der Waals surface area contributed by atoms with Gasteiger partial charge < -0.3 is 5.32 Å². The largest absolute Gasteiger partial charge is 0.309 e. The van der Waals surface area contributed by atoms with Crippen LogP contribution >= 0.6 is 27.5 Å². The molecule has 2 rings (SSSR count). The Morgan fingerprint density at radius 3 is 2.33 bits per heavy atom. The van der Waals surface area contributed by atoms with Gasteiger partial charge in [-0.3, -0.25) is 0 Å². The van der Waals surface area contributed by atoms with Crippen molar-refractivity contribution in [1.29, 1.82) is 0 Å². The average Bonchev–Trinajstić information content (AvgIpc) is 2.41. The summed E-state index contributed by atoms with van der Waals surface area (Å²) in [6, 6.07) is 12.6. The molecule has 112 valence electrons. The predicted octanol–water partition coefficient (Wildman–Crippen LogP) is 3.80. The molecule has 0 unspecified atom stereocenters. The third-order valence-electron chi connectivity index (χ3n) is 3.01. The Labute approximate surface area is 138 Å². The number of halogens is 2. The van der Waals surface area contributed by atoms with E-state index in [1.165, 1.54) is 6.26 Å². The first kappa shape index (κ1) is 16.5. The number of benzene rings is 2. The molecule has 0 aliphatic heterocycles. The van der Waals surface area contributed by atoms with Crippen LogP contribution in [0.1, 0.15) is 11.1 Å². The first-order valence-corrected chi connectivity index (χ1v) is 9.36. The molecule has 0 aromatic heterocycles. The van der Waals surface area contributed by atoms with Crippen molar-refractivity contribution in [3.8, 4) is 0 Å². The van der Waals surface area contributed by atoms with Crippen LogP contribution in [-0.4, -0.2) is 14.7 Å². The molecule has 0 saturated heterocycles. The van der Waals surface area contributed by atoms with E-state index in [0.717, 1.165) is 15.6 Å². The van der Waals surface area contributed by atoms with E-state index in [9.17, 15) is 8.42 Å². The van der Waals surface area contributed by atoms with Crippen LogP contribution in [-0.2, 0) is 22.9 Å². The van der Waals surface area contributed by atoms with Gasteiger partial charge in [0.05, 0.1) is 4.90 Å². The quantitative estimate of drug-likeness (QED) is 0.847. The van der Waals surface area contributed by atoms with Crippen LogP contribution in [0, 0.1) is 0 Å². The Kier molecular flexibility index (Phi) is 5.43. The highest BCUT2D eigenvalue weighted by Gasteiger charge is 2.06. The van der Waals surface area contributed by atoms with Crippen LogP contribution in [0.4, 0.5) is 0 Å². The molecule has 3 nitrogen and oxygen atoms in total. The van der Waals surface area contributed by atoms with Crippen molar-refractivity contribution in [1.82, 2.24) is 5.32 Å². The molecule has 0 atom stereocenters. The van der Waals surface area contributed by atoms with Gasteiger partial charge in [0.1, 0.15) is 0 Å². The van der Waals surface area contributed by atoms with Crippen LogP contribution in [0.3, 0.4) is 0 Å². The van der Waals surface area contributed by atoms with Crippen molar-refractivity contribution in [2.24, 2.45) is 0 Å². The van der Waals surface area contributed by atoms with E-state index >= 15 is 0 Å². The highest BCUT2D eigenvalue weighted by atomic mass is 79.9. The molecule has 0 bridgehead atoms. The van der Waals surface area contributed by atoms with Gasteiger partial charge in [0.2, 0.25) is 0 Å². The molecule has 0 aliphatic rings. The first-order chi connectivity index (χ1) is 9.86. The van der Waals surface area contributed by atoms with E-state index in [1.807, 2.05) is 30.3 Å². The van der Waals surface area contributed by atoms with Gasteiger partial charge in [-0.15, -0.1) is 0 Å². The number of rotatable bonds is 5. The molecule has 1 N–H and O–H groups in total. The van der Waals surface area contributed by atoms with Crippen LogP contribution in [0.5, 0.6) is 0 Å². The Balaban J connectivity index is 1.94. The summed E-state index contributed by atoms with van der Waals surface area (Å²) in [5, 5.41) is 4.01. The van der Waals surface area contributed by atoms with Gasteiger partial charge in [-0.1, -0.05) is 45.7 Å². The molecular formula is C15H15BrClNO2S. The molecular weight excluding hydrogens is 374 g/mol. The second-order valence-electron chi connectivity index (χ2n) is 4.76. The second kappa shape index (κ2) is 6.92. The minimum Gasteiger partial charge on any atom is -0.309 e. The smallest absolute Gasteiger partial charge is 0.175 e. The van der Waals surface area contributed by atoms with Crippen molar-refractivity contribution in [2.45, 2.75) is 18.0 Å². The summed E-state index contributed by atoms with van der Waals surface area (Å²) in [5.74, 6) is 0. The topological polar surface area (TPSA) is 46.2 Å². The predicted molar refractivity (Wildman–Crippen MR) is 89.2 cm³/mol. The monoisotopic (exact) mass is 387 g/mol. The molecule has 2 aromatic rings. The lowest BCUT2D eigenvalue weighted by molar-refractivity contribution is 0.602. The molecule has 0 aliphatic carbocycles. The second-order valence-corrected chi connectivity index (χ2v) is 8.06. The minimum atomic E-state index is -3.13. The van der Waals surface area contributed by atoms with Gasteiger partial charge in [0, 0.05) is 28.8 Å². The minimum absolute atomic E-state index is 0.340. The average molecular weight is 389 g/mol. The molecule has 2 aromatic carbocycles. The lowest BCUT2D eigenvalue weighted by atomic mass is 10.2. The van der Waals surface area contributed by atoms with E-state index in [2.05, 4.69) is 21.2 Å². The van der Waals surface area contributed by atoms with Crippen molar-refractivity contribution in [3.63, 3.8) is 0 Å². The number of hydrogen-bond acceptors (Lipinski definition) is 3. The summed E-state index contributed by atoms with van der Waals surface area (Å²) in [6.07, 6.45) is 1.21. The molecule has 0 amide bonds. The summed E-state index contributed by atoms with van der Waals surface area (Å²) in [4.78, 5) is 0.340. The van der Waals surface area contributed by atoms with E-state index in [0.29, 0.717) is 23.0 Å². The van der Waals surface area contributed by atoms with Gasteiger partial charge in [0.15, 0.2) is 9.84 Å². The fraction of sp³-hybridized carbons (Fsp3) is 0.200. The van der Waals surface area contributed by atoms with Gasteiger partial charge in [-0.2, -0.15) is 0 Å². The van der Waals surface area contributed by atoms with Crippen molar-refractivity contribution in [3.05, 3.63) is 63.1 Å². The zero-order valence-corrected chi connectivity index (χ0v) is 14.6. The number of hydrogen-bond donors (Lipinski definition) is 1. The van der Waals surface area contributed by atoms with E-state index in [-0.39, 0.29) is 0 Å². The number of nitrogens with one attached hydrogen (secondary N) is 1. The number of sulfone groups is 1. The normalized spacial score (nSPS) is 11.6. The lowest BCUT2D eigenvalue weighted by Gasteiger charge is -2.08. The van der Waals surface area contributed by atoms with Crippen LogP contribution in [0.15, 0.2) is 51.8 Å². The summed E-state index contributed by atoms with van der Waals surface area (Å²) < 4.78 is 23.7. The van der Waals surface area contributed by atoms with E-state index < -0.39 is 9.84 Å². The first-order valence-electron chi connectivity index (χ1n) is 6.30. The maximum atomic E-state index is 11.4. The summed E-state index contributed by atoms with van der Waals surface area (Å²) in [5.41, 5.74) is 2.15. The van der Waals surface area contributed by atoms with E-state index in [4.69, 9.17) is 11.6 Å². The SMILES string of the molecule is CS(=O)(=O)c1ccc(CNCc2ccc(Cl)cc2Br)cc1. The van der Waals surface area contributed by atoms with Crippen LogP contribution < -0.4 is 5.32 Å². The molecule has 6 heteroatoms. The Bertz CT molecular complexity index is 730. The van der Waals surface area contributed by atoms with Crippen molar-refractivity contribution in [2.75, 3.05) is 6.26 Å². The van der Waals surface area contributed by atoms with Gasteiger partial charge in [-0.25, -0.2) is 8.42 Å². The van der Waals surface area contributed by atoms with Gasteiger partial charge in [0.25, 0.3) is 0 Å². The lowest BCUT2D eigenvalue weighted by Crippen LogP contribution is -2.13. The molecule has 0 radical (unpaired) electrons. The van der Waals surface area contributed by atoms with Gasteiger partial charge in [-0.05, 0) is 35.4 Å².